The molecule has 0 amide bonds. The fourth-order valence-electron chi connectivity index (χ4n) is 2.80. The van der Waals surface area contributed by atoms with Crippen molar-refractivity contribution in [2.45, 2.75) is 32.7 Å². The molecule has 0 spiro atoms. The number of H-pyrrole nitrogens is 1. The van der Waals surface area contributed by atoms with Crippen molar-refractivity contribution in [3.8, 4) is 0 Å². The zero-order chi connectivity index (χ0) is 14.8. The largest absolute Gasteiger partial charge is 0.364 e. The van der Waals surface area contributed by atoms with E-state index in [4.69, 9.17) is 0 Å². The number of anilines is 1. The number of rotatable bonds is 4. The van der Waals surface area contributed by atoms with Crippen LogP contribution in [0.5, 0.6) is 0 Å². The second-order valence-electron chi connectivity index (χ2n) is 6.01. The molecule has 2 N–H and O–H groups in total. The standard InChI is InChI=1S/C14H22N6O/c1-10(2)15-8-11-4-3-7-19(9-11)13-6-5-12-16-17-14(21)20(12)18-13/h5-6,10-11,15H,3-4,7-9H2,1-2H3,(H,17,21). The Morgan fingerprint density at radius 3 is 3.14 bits per heavy atom. The summed E-state index contributed by atoms with van der Waals surface area (Å²) in [7, 11) is 0. The van der Waals surface area contributed by atoms with Crippen molar-refractivity contribution in [2.24, 2.45) is 5.92 Å². The van der Waals surface area contributed by atoms with Crippen molar-refractivity contribution >= 4 is 11.5 Å². The van der Waals surface area contributed by atoms with E-state index in [-0.39, 0.29) is 5.69 Å². The maximum absolute atomic E-state index is 11.6. The van der Waals surface area contributed by atoms with Crippen LogP contribution in [0.2, 0.25) is 0 Å². The third-order valence-electron chi connectivity index (χ3n) is 3.92. The molecule has 1 saturated heterocycles. The van der Waals surface area contributed by atoms with Crippen molar-refractivity contribution in [3.05, 3.63) is 22.6 Å². The molecule has 0 radical (unpaired) electrons. The normalized spacial score (nSPS) is 19.6. The minimum absolute atomic E-state index is 0.290. The average molecular weight is 290 g/mol. The predicted octanol–water partition coefficient (Wildman–Crippen LogP) is 0.632. The van der Waals surface area contributed by atoms with E-state index in [0.717, 1.165) is 31.9 Å². The summed E-state index contributed by atoms with van der Waals surface area (Å²) in [6.07, 6.45) is 2.40. The molecule has 2 aromatic rings. The molecule has 0 bridgehead atoms. The second-order valence-corrected chi connectivity index (χ2v) is 6.01. The highest BCUT2D eigenvalue weighted by Gasteiger charge is 2.21. The first kappa shape index (κ1) is 14.1. The van der Waals surface area contributed by atoms with Crippen molar-refractivity contribution < 1.29 is 0 Å². The van der Waals surface area contributed by atoms with E-state index >= 15 is 0 Å². The highest BCUT2D eigenvalue weighted by molar-refractivity contribution is 5.45. The highest BCUT2D eigenvalue weighted by Crippen LogP contribution is 2.21. The van der Waals surface area contributed by atoms with Crippen LogP contribution in [0.25, 0.3) is 5.65 Å². The van der Waals surface area contributed by atoms with Gasteiger partial charge in [0.15, 0.2) is 5.65 Å². The van der Waals surface area contributed by atoms with Gasteiger partial charge in [-0.15, -0.1) is 5.10 Å². The van der Waals surface area contributed by atoms with Gasteiger partial charge in [0.1, 0.15) is 5.82 Å². The molecular formula is C14H22N6O. The number of aromatic nitrogens is 4. The lowest BCUT2D eigenvalue weighted by Crippen LogP contribution is -2.41. The Bertz CT molecular complexity index is 661. The first-order chi connectivity index (χ1) is 10.1. The molecule has 3 rings (SSSR count). The summed E-state index contributed by atoms with van der Waals surface area (Å²) in [5.74, 6) is 1.47. The molecule has 7 heteroatoms. The summed E-state index contributed by atoms with van der Waals surface area (Å²) in [6, 6.07) is 4.28. The summed E-state index contributed by atoms with van der Waals surface area (Å²) in [5, 5.41) is 14.2. The van der Waals surface area contributed by atoms with Crippen molar-refractivity contribution in [1.82, 2.24) is 25.1 Å². The molecule has 1 fully saturated rings. The Balaban J connectivity index is 1.75. The maximum Gasteiger partial charge on any atom is 0.364 e. The quantitative estimate of drug-likeness (QED) is 0.863. The SMILES string of the molecule is CC(C)NCC1CCCN(c2ccc3n[nH]c(=O)n3n2)C1. The third kappa shape index (κ3) is 3.07. The zero-order valence-electron chi connectivity index (χ0n) is 12.5. The first-order valence-electron chi connectivity index (χ1n) is 7.56. The van der Waals surface area contributed by atoms with Gasteiger partial charge in [-0.1, -0.05) is 13.8 Å². The van der Waals surface area contributed by atoms with E-state index in [1.165, 1.54) is 10.9 Å². The summed E-state index contributed by atoms with van der Waals surface area (Å²) in [6.45, 7) is 7.33. The lowest BCUT2D eigenvalue weighted by molar-refractivity contribution is 0.377. The van der Waals surface area contributed by atoms with Crippen LogP contribution in [0.15, 0.2) is 16.9 Å². The van der Waals surface area contributed by atoms with Gasteiger partial charge in [-0.25, -0.2) is 9.89 Å². The summed E-state index contributed by atoms with van der Waals surface area (Å²) >= 11 is 0. The maximum atomic E-state index is 11.6. The lowest BCUT2D eigenvalue weighted by Gasteiger charge is -2.33. The smallest absolute Gasteiger partial charge is 0.355 e. The van der Waals surface area contributed by atoms with Gasteiger partial charge < -0.3 is 10.2 Å². The Kier molecular flexibility index (Phi) is 3.92. The van der Waals surface area contributed by atoms with Crippen molar-refractivity contribution in [2.75, 3.05) is 24.5 Å². The van der Waals surface area contributed by atoms with Gasteiger partial charge in [0.2, 0.25) is 0 Å². The zero-order valence-corrected chi connectivity index (χ0v) is 12.5. The van der Waals surface area contributed by atoms with Crippen LogP contribution in [0.3, 0.4) is 0 Å². The van der Waals surface area contributed by atoms with Crippen LogP contribution in [-0.4, -0.2) is 45.5 Å². The Hall–Kier alpha value is -1.89. The van der Waals surface area contributed by atoms with E-state index in [0.29, 0.717) is 17.6 Å². The van der Waals surface area contributed by atoms with Crippen LogP contribution >= 0.6 is 0 Å². The van der Waals surface area contributed by atoms with Crippen LogP contribution in [0, 0.1) is 5.92 Å². The van der Waals surface area contributed by atoms with Crippen LogP contribution < -0.4 is 15.9 Å². The van der Waals surface area contributed by atoms with Gasteiger partial charge in [0, 0.05) is 19.1 Å². The molecule has 1 aliphatic heterocycles. The van der Waals surface area contributed by atoms with Gasteiger partial charge in [-0.2, -0.15) is 9.61 Å². The number of nitrogens with zero attached hydrogens (tertiary/aromatic N) is 4. The van der Waals surface area contributed by atoms with Gasteiger partial charge in [0.05, 0.1) is 0 Å². The molecule has 0 aromatic carbocycles. The number of fused-ring (bicyclic) bond motifs is 1. The Labute approximate surface area is 123 Å². The fourth-order valence-corrected chi connectivity index (χ4v) is 2.80. The average Bonchev–Trinajstić information content (AvgIpc) is 2.86. The van der Waals surface area contributed by atoms with Gasteiger partial charge in [0.25, 0.3) is 0 Å². The van der Waals surface area contributed by atoms with E-state index < -0.39 is 0 Å². The summed E-state index contributed by atoms with van der Waals surface area (Å²) in [4.78, 5) is 13.9. The van der Waals surface area contributed by atoms with Crippen LogP contribution in [0.1, 0.15) is 26.7 Å². The van der Waals surface area contributed by atoms with Crippen LogP contribution in [-0.2, 0) is 0 Å². The highest BCUT2D eigenvalue weighted by atomic mass is 16.2. The summed E-state index contributed by atoms with van der Waals surface area (Å²) in [5.41, 5.74) is 0.265. The van der Waals surface area contributed by atoms with Gasteiger partial charge >= 0.3 is 5.69 Å². The molecule has 114 valence electrons. The van der Waals surface area contributed by atoms with Gasteiger partial charge in [-0.05, 0) is 37.4 Å². The minimum Gasteiger partial charge on any atom is -0.355 e. The first-order valence-corrected chi connectivity index (χ1v) is 7.56. The predicted molar refractivity (Wildman–Crippen MR) is 81.7 cm³/mol. The number of piperidine rings is 1. The number of hydrogen-bond acceptors (Lipinski definition) is 5. The Morgan fingerprint density at radius 2 is 2.33 bits per heavy atom. The minimum atomic E-state index is -0.290. The summed E-state index contributed by atoms with van der Waals surface area (Å²) < 4.78 is 1.32. The van der Waals surface area contributed by atoms with Crippen molar-refractivity contribution in [3.63, 3.8) is 0 Å². The molecule has 1 unspecified atom stereocenters. The van der Waals surface area contributed by atoms with E-state index in [2.05, 4.69) is 39.4 Å². The molecule has 3 heterocycles. The van der Waals surface area contributed by atoms with E-state index in [1.807, 2.05) is 12.1 Å². The fraction of sp³-hybridized carbons (Fsp3) is 0.643. The van der Waals surface area contributed by atoms with Crippen molar-refractivity contribution in [1.29, 1.82) is 0 Å². The topological polar surface area (TPSA) is 78.3 Å². The second kappa shape index (κ2) is 5.85. The van der Waals surface area contributed by atoms with Crippen LogP contribution in [0.4, 0.5) is 5.82 Å². The molecule has 1 aliphatic rings. The molecule has 0 aliphatic carbocycles. The van der Waals surface area contributed by atoms with E-state index in [1.54, 1.807) is 0 Å². The molecule has 2 aromatic heterocycles. The number of aromatic amines is 1. The molecule has 0 saturated carbocycles. The third-order valence-corrected chi connectivity index (χ3v) is 3.92. The lowest BCUT2D eigenvalue weighted by atomic mass is 9.98. The molecule has 1 atom stereocenters. The number of nitrogens with one attached hydrogen (secondary N) is 2. The molecular weight excluding hydrogens is 268 g/mol. The molecule has 7 nitrogen and oxygen atoms in total. The Morgan fingerprint density at radius 1 is 1.48 bits per heavy atom. The number of hydrogen-bond donors (Lipinski definition) is 2. The monoisotopic (exact) mass is 290 g/mol. The molecule has 21 heavy (non-hydrogen) atoms. The van der Waals surface area contributed by atoms with Gasteiger partial charge in [-0.3, -0.25) is 0 Å². The van der Waals surface area contributed by atoms with E-state index in [9.17, 15) is 4.79 Å².